The number of carboxylic acids is 1. The van der Waals surface area contributed by atoms with E-state index in [1.54, 1.807) is 6.08 Å². The van der Waals surface area contributed by atoms with Crippen LogP contribution in [-0.4, -0.2) is 26.1 Å². The van der Waals surface area contributed by atoms with Gasteiger partial charge in [-0.25, -0.2) is 4.68 Å². The van der Waals surface area contributed by atoms with E-state index in [0.29, 0.717) is 12.2 Å². The molecule has 64 valence electrons. The lowest BCUT2D eigenvalue weighted by atomic mass is 10.3. The zero-order valence-corrected chi connectivity index (χ0v) is 6.47. The highest BCUT2D eigenvalue weighted by atomic mass is 16.4. The van der Waals surface area contributed by atoms with E-state index in [0.717, 1.165) is 0 Å². The van der Waals surface area contributed by atoms with Crippen molar-refractivity contribution in [3.05, 3.63) is 24.5 Å². The SMILES string of the molecule is C=CCn1nncc1CC(=O)O. The van der Waals surface area contributed by atoms with Crippen molar-refractivity contribution in [3.8, 4) is 0 Å². The van der Waals surface area contributed by atoms with E-state index in [1.807, 2.05) is 0 Å². The first-order valence-corrected chi connectivity index (χ1v) is 3.44. The Labute approximate surface area is 69.3 Å². The molecule has 0 spiro atoms. The average molecular weight is 167 g/mol. The summed E-state index contributed by atoms with van der Waals surface area (Å²) >= 11 is 0. The molecule has 0 saturated carbocycles. The van der Waals surface area contributed by atoms with Crippen molar-refractivity contribution in [2.45, 2.75) is 13.0 Å². The molecule has 5 heteroatoms. The molecule has 0 amide bonds. The molecule has 1 N–H and O–H groups in total. The van der Waals surface area contributed by atoms with Gasteiger partial charge in [0.15, 0.2) is 0 Å². The monoisotopic (exact) mass is 167 g/mol. The number of hydrogen-bond acceptors (Lipinski definition) is 3. The quantitative estimate of drug-likeness (QED) is 0.645. The Morgan fingerprint density at radius 1 is 1.83 bits per heavy atom. The molecule has 1 aromatic heterocycles. The second-order valence-corrected chi connectivity index (χ2v) is 2.27. The molecular weight excluding hydrogens is 158 g/mol. The smallest absolute Gasteiger partial charge is 0.309 e. The Morgan fingerprint density at radius 2 is 2.58 bits per heavy atom. The van der Waals surface area contributed by atoms with E-state index in [1.165, 1.54) is 10.9 Å². The van der Waals surface area contributed by atoms with Crippen LogP contribution < -0.4 is 0 Å². The maximum absolute atomic E-state index is 10.3. The Kier molecular flexibility index (Phi) is 2.57. The van der Waals surface area contributed by atoms with Gasteiger partial charge in [0.05, 0.1) is 24.9 Å². The normalized spacial score (nSPS) is 9.67. The van der Waals surface area contributed by atoms with E-state index in [4.69, 9.17) is 5.11 Å². The van der Waals surface area contributed by atoms with Crippen LogP contribution in [0.15, 0.2) is 18.9 Å². The first-order valence-electron chi connectivity index (χ1n) is 3.44. The summed E-state index contributed by atoms with van der Waals surface area (Å²) in [6, 6.07) is 0. The topological polar surface area (TPSA) is 68.0 Å². The molecule has 0 radical (unpaired) electrons. The molecule has 1 aromatic rings. The van der Waals surface area contributed by atoms with E-state index in [9.17, 15) is 4.79 Å². The Morgan fingerprint density at radius 3 is 3.17 bits per heavy atom. The number of allylic oxidation sites excluding steroid dienone is 1. The fourth-order valence-electron chi connectivity index (χ4n) is 0.847. The van der Waals surface area contributed by atoms with Crippen molar-refractivity contribution in [1.82, 2.24) is 15.0 Å². The summed E-state index contributed by atoms with van der Waals surface area (Å²) in [5.41, 5.74) is 0.586. The zero-order valence-electron chi connectivity index (χ0n) is 6.47. The molecule has 0 bridgehead atoms. The van der Waals surface area contributed by atoms with Crippen molar-refractivity contribution in [2.24, 2.45) is 0 Å². The molecule has 0 aliphatic rings. The minimum Gasteiger partial charge on any atom is -0.481 e. The Bertz CT molecular complexity index is 293. The number of hydrogen-bond donors (Lipinski definition) is 1. The van der Waals surface area contributed by atoms with E-state index in [-0.39, 0.29) is 6.42 Å². The van der Waals surface area contributed by atoms with Gasteiger partial charge < -0.3 is 5.11 Å². The van der Waals surface area contributed by atoms with E-state index in [2.05, 4.69) is 16.9 Å². The second kappa shape index (κ2) is 3.66. The number of carboxylic acid groups (broad SMARTS) is 1. The molecular formula is C7H9N3O2. The van der Waals surface area contributed by atoms with E-state index >= 15 is 0 Å². The molecule has 0 unspecified atom stereocenters. The number of rotatable bonds is 4. The summed E-state index contributed by atoms with van der Waals surface area (Å²) in [5.74, 6) is -0.886. The second-order valence-electron chi connectivity index (χ2n) is 2.27. The van der Waals surface area contributed by atoms with Gasteiger partial charge in [-0.1, -0.05) is 11.3 Å². The van der Waals surface area contributed by atoms with Crippen molar-refractivity contribution in [3.63, 3.8) is 0 Å². The van der Waals surface area contributed by atoms with E-state index < -0.39 is 5.97 Å². The van der Waals surface area contributed by atoms with Crippen LogP contribution in [0.3, 0.4) is 0 Å². The maximum atomic E-state index is 10.3. The third-order valence-corrected chi connectivity index (χ3v) is 1.33. The van der Waals surface area contributed by atoms with Crippen LogP contribution in [0.25, 0.3) is 0 Å². The van der Waals surface area contributed by atoms with Crippen molar-refractivity contribution < 1.29 is 9.90 Å². The first-order chi connectivity index (χ1) is 5.74. The van der Waals surface area contributed by atoms with Gasteiger partial charge in [0.25, 0.3) is 0 Å². The highest BCUT2D eigenvalue weighted by Gasteiger charge is 2.06. The highest BCUT2D eigenvalue weighted by molar-refractivity contribution is 5.69. The van der Waals surface area contributed by atoms with Gasteiger partial charge in [0, 0.05) is 0 Å². The largest absolute Gasteiger partial charge is 0.481 e. The molecule has 1 rings (SSSR count). The lowest BCUT2D eigenvalue weighted by Crippen LogP contribution is -2.08. The lowest BCUT2D eigenvalue weighted by Gasteiger charge is -1.98. The minimum absolute atomic E-state index is 0.0547. The minimum atomic E-state index is -0.886. The number of carbonyl (C=O) groups is 1. The molecule has 0 fully saturated rings. The van der Waals surface area contributed by atoms with Gasteiger partial charge in [-0.3, -0.25) is 4.79 Å². The number of nitrogens with zero attached hydrogens (tertiary/aromatic N) is 3. The predicted molar refractivity (Wildman–Crippen MR) is 41.6 cm³/mol. The van der Waals surface area contributed by atoms with Gasteiger partial charge in [-0.05, 0) is 0 Å². The number of aromatic nitrogens is 3. The van der Waals surface area contributed by atoms with Gasteiger partial charge in [0.2, 0.25) is 0 Å². The standard InChI is InChI=1S/C7H9N3O2/c1-2-3-10-6(4-7(11)12)5-8-9-10/h2,5H,1,3-4H2,(H,11,12). The molecule has 0 aliphatic carbocycles. The summed E-state index contributed by atoms with van der Waals surface area (Å²) in [5, 5.41) is 15.8. The lowest BCUT2D eigenvalue weighted by molar-refractivity contribution is -0.136. The summed E-state index contributed by atoms with van der Waals surface area (Å²) in [4.78, 5) is 10.3. The molecule has 0 atom stereocenters. The number of aliphatic carboxylic acids is 1. The summed E-state index contributed by atoms with van der Waals surface area (Å²) < 4.78 is 1.50. The fraction of sp³-hybridized carbons (Fsp3) is 0.286. The third kappa shape index (κ3) is 1.91. The van der Waals surface area contributed by atoms with Crippen LogP contribution in [0, 0.1) is 0 Å². The Hall–Kier alpha value is -1.65. The van der Waals surface area contributed by atoms with Gasteiger partial charge in [-0.15, -0.1) is 11.7 Å². The summed E-state index contributed by atoms with van der Waals surface area (Å²) in [6.07, 6.45) is 3.03. The van der Waals surface area contributed by atoms with Crippen LogP contribution in [0.2, 0.25) is 0 Å². The van der Waals surface area contributed by atoms with Gasteiger partial charge in [0.1, 0.15) is 0 Å². The average Bonchev–Trinajstić information content (AvgIpc) is 2.37. The highest BCUT2D eigenvalue weighted by Crippen LogP contribution is 1.97. The van der Waals surface area contributed by atoms with Crippen molar-refractivity contribution in [2.75, 3.05) is 0 Å². The third-order valence-electron chi connectivity index (χ3n) is 1.33. The van der Waals surface area contributed by atoms with Crippen LogP contribution in [0.5, 0.6) is 0 Å². The molecule has 0 aliphatic heterocycles. The zero-order chi connectivity index (χ0) is 8.97. The van der Waals surface area contributed by atoms with Crippen LogP contribution >= 0.6 is 0 Å². The van der Waals surface area contributed by atoms with Gasteiger partial charge in [-0.2, -0.15) is 0 Å². The van der Waals surface area contributed by atoms with Crippen molar-refractivity contribution in [1.29, 1.82) is 0 Å². The molecule has 0 aromatic carbocycles. The van der Waals surface area contributed by atoms with Gasteiger partial charge >= 0.3 is 5.97 Å². The molecule has 5 nitrogen and oxygen atoms in total. The Balaban J connectivity index is 2.76. The summed E-state index contributed by atoms with van der Waals surface area (Å²) in [7, 11) is 0. The van der Waals surface area contributed by atoms with Crippen LogP contribution in [0.4, 0.5) is 0 Å². The van der Waals surface area contributed by atoms with Crippen molar-refractivity contribution >= 4 is 5.97 Å². The first kappa shape index (κ1) is 8.45. The predicted octanol–water partition coefficient (Wildman–Crippen LogP) is 0.0912. The molecule has 1 heterocycles. The fourth-order valence-corrected chi connectivity index (χ4v) is 0.847. The molecule has 0 saturated heterocycles. The molecule has 12 heavy (non-hydrogen) atoms. The van der Waals surface area contributed by atoms with Crippen LogP contribution in [0.1, 0.15) is 5.69 Å². The summed E-state index contributed by atoms with van der Waals surface area (Å²) in [6.45, 7) is 4.01. The van der Waals surface area contributed by atoms with Crippen LogP contribution in [-0.2, 0) is 17.8 Å². The maximum Gasteiger partial charge on any atom is 0.309 e.